The fraction of sp³-hybridized carbons (Fsp3) is 1.00. The summed E-state index contributed by atoms with van der Waals surface area (Å²) in [7, 11) is -0.520. The van der Waals surface area contributed by atoms with Crippen LogP contribution in [0.2, 0.25) is 0 Å². The Bertz CT molecular complexity index is 150. The van der Waals surface area contributed by atoms with Gasteiger partial charge in [-0.3, -0.25) is 9.21 Å². The van der Waals surface area contributed by atoms with Gasteiger partial charge in [0, 0.05) is 32.7 Å². The number of aliphatic hydroxyl groups excluding tert-OH is 1. The van der Waals surface area contributed by atoms with Gasteiger partial charge < -0.3 is 5.11 Å². The van der Waals surface area contributed by atoms with Gasteiger partial charge in [-0.05, 0) is 18.8 Å². The minimum Gasteiger partial charge on any atom is -0.395 e. The molecule has 13 heavy (non-hydrogen) atoms. The first-order valence-electron chi connectivity index (χ1n) is 4.80. The second kappa shape index (κ2) is 4.64. The molecule has 80 valence electrons. The lowest BCUT2D eigenvalue weighted by atomic mass is 10.4. The van der Waals surface area contributed by atoms with E-state index >= 15 is 0 Å². The van der Waals surface area contributed by atoms with Crippen molar-refractivity contribution in [3.05, 3.63) is 0 Å². The van der Waals surface area contributed by atoms with Crippen LogP contribution in [-0.4, -0.2) is 72.4 Å². The first-order valence-corrected chi connectivity index (χ1v) is 7.62. The lowest BCUT2D eigenvalue weighted by Gasteiger charge is -2.45. The molecular formula is C9H22N2OS. The summed E-state index contributed by atoms with van der Waals surface area (Å²) in [6.45, 7) is 5.70. The third-order valence-electron chi connectivity index (χ3n) is 2.52. The molecule has 0 saturated carbocycles. The van der Waals surface area contributed by atoms with Crippen LogP contribution in [0.5, 0.6) is 0 Å². The summed E-state index contributed by atoms with van der Waals surface area (Å²) in [6, 6.07) is 0. The van der Waals surface area contributed by atoms with Crippen LogP contribution < -0.4 is 0 Å². The number of aliphatic hydroxyl groups is 1. The van der Waals surface area contributed by atoms with E-state index in [0.29, 0.717) is 6.61 Å². The molecule has 1 heterocycles. The fourth-order valence-electron chi connectivity index (χ4n) is 1.64. The molecule has 3 nitrogen and oxygen atoms in total. The highest BCUT2D eigenvalue weighted by Gasteiger charge is 2.22. The number of hydrogen-bond donors (Lipinski definition) is 1. The van der Waals surface area contributed by atoms with Crippen LogP contribution >= 0.6 is 10.2 Å². The lowest BCUT2D eigenvalue weighted by Crippen LogP contribution is -2.47. The van der Waals surface area contributed by atoms with Crippen molar-refractivity contribution in [2.75, 3.05) is 58.1 Å². The quantitative estimate of drug-likeness (QED) is 0.715. The second-order valence-corrected chi connectivity index (χ2v) is 8.33. The van der Waals surface area contributed by atoms with Crippen LogP contribution in [0.25, 0.3) is 0 Å². The number of hydrogen-bond acceptors (Lipinski definition) is 3. The molecule has 0 aromatic carbocycles. The van der Waals surface area contributed by atoms with Crippen molar-refractivity contribution in [1.29, 1.82) is 0 Å². The highest BCUT2D eigenvalue weighted by atomic mass is 32.3. The van der Waals surface area contributed by atoms with Crippen molar-refractivity contribution in [2.45, 2.75) is 0 Å². The minimum atomic E-state index is -0.520. The highest BCUT2D eigenvalue weighted by molar-refractivity contribution is 8.30. The van der Waals surface area contributed by atoms with Crippen molar-refractivity contribution >= 4 is 10.2 Å². The molecule has 0 radical (unpaired) electrons. The van der Waals surface area contributed by atoms with E-state index in [9.17, 15) is 0 Å². The van der Waals surface area contributed by atoms with Gasteiger partial charge in [0.05, 0.1) is 6.61 Å². The molecule has 1 fully saturated rings. The highest BCUT2D eigenvalue weighted by Crippen LogP contribution is 2.39. The third kappa shape index (κ3) is 3.46. The van der Waals surface area contributed by atoms with E-state index in [-0.39, 0.29) is 0 Å². The van der Waals surface area contributed by atoms with Gasteiger partial charge in [-0.15, -0.1) is 0 Å². The summed E-state index contributed by atoms with van der Waals surface area (Å²) in [5.74, 6) is 0. The van der Waals surface area contributed by atoms with Crippen molar-refractivity contribution in [2.24, 2.45) is 0 Å². The van der Waals surface area contributed by atoms with Crippen molar-refractivity contribution in [3.8, 4) is 0 Å². The Balaban J connectivity index is 2.30. The summed E-state index contributed by atoms with van der Waals surface area (Å²) < 4.78 is 2.58. The summed E-state index contributed by atoms with van der Waals surface area (Å²) in [5, 5.41) is 8.79. The zero-order valence-electron chi connectivity index (χ0n) is 8.99. The van der Waals surface area contributed by atoms with E-state index in [1.165, 1.54) is 13.1 Å². The maximum absolute atomic E-state index is 8.79. The number of nitrogens with zero attached hydrogens (tertiary/aromatic N) is 2. The molecule has 0 unspecified atom stereocenters. The number of rotatable bonds is 3. The zero-order valence-corrected chi connectivity index (χ0v) is 9.81. The summed E-state index contributed by atoms with van der Waals surface area (Å²) >= 11 is 0. The molecule has 0 spiro atoms. The van der Waals surface area contributed by atoms with Crippen LogP contribution in [0.15, 0.2) is 0 Å². The first-order chi connectivity index (χ1) is 6.04. The molecule has 0 aromatic rings. The van der Waals surface area contributed by atoms with Crippen LogP contribution in [0.1, 0.15) is 0 Å². The summed E-state index contributed by atoms with van der Waals surface area (Å²) in [6.07, 6.45) is 7.03. The zero-order chi connectivity index (χ0) is 9.90. The molecule has 0 bridgehead atoms. The molecule has 1 aliphatic heterocycles. The average Bonchev–Trinajstić information content (AvgIpc) is 2.04. The van der Waals surface area contributed by atoms with E-state index in [1.54, 1.807) is 0 Å². The van der Waals surface area contributed by atoms with Crippen LogP contribution in [0, 0.1) is 0 Å². The normalized spacial score (nSPS) is 23.4. The second-order valence-electron chi connectivity index (χ2n) is 4.27. The predicted molar refractivity (Wildman–Crippen MR) is 60.5 cm³/mol. The van der Waals surface area contributed by atoms with Crippen molar-refractivity contribution in [3.63, 3.8) is 0 Å². The maximum Gasteiger partial charge on any atom is 0.0558 e. The molecule has 0 amide bonds. The van der Waals surface area contributed by atoms with Crippen molar-refractivity contribution in [1.82, 2.24) is 9.21 Å². The first kappa shape index (κ1) is 11.3. The molecule has 1 rings (SSSR count). The van der Waals surface area contributed by atoms with Gasteiger partial charge in [-0.1, -0.05) is 0 Å². The Labute approximate surface area is 83.2 Å². The van der Waals surface area contributed by atoms with Gasteiger partial charge in [0.2, 0.25) is 0 Å². The van der Waals surface area contributed by atoms with Crippen LogP contribution in [0.4, 0.5) is 0 Å². The van der Waals surface area contributed by atoms with Gasteiger partial charge in [-0.25, -0.2) is 0 Å². The molecular weight excluding hydrogens is 184 g/mol. The number of piperazine rings is 1. The van der Waals surface area contributed by atoms with Crippen molar-refractivity contribution < 1.29 is 5.11 Å². The minimum absolute atomic E-state index is 0.294. The predicted octanol–water partition coefficient (Wildman–Crippen LogP) is 0.205. The molecule has 1 saturated heterocycles. The Hall–Kier alpha value is 0.230. The van der Waals surface area contributed by atoms with Crippen LogP contribution in [0.3, 0.4) is 0 Å². The number of β-amino-alcohol motifs (C(OH)–C–C–N with tert-alkyl or cyclic N) is 1. The molecule has 0 aromatic heterocycles. The van der Waals surface area contributed by atoms with E-state index in [4.69, 9.17) is 5.11 Å². The average molecular weight is 206 g/mol. The smallest absolute Gasteiger partial charge is 0.0558 e. The lowest BCUT2D eigenvalue weighted by molar-refractivity contribution is 0.154. The summed E-state index contributed by atoms with van der Waals surface area (Å²) in [5.41, 5.74) is 0. The van der Waals surface area contributed by atoms with Gasteiger partial charge in [-0.2, -0.15) is 10.2 Å². The molecule has 1 aliphatic rings. The summed E-state index contributed by atoms with van der Waals surface area (Å²) in [4.78, 5) is 2.34. The monoisotopic (exact) mass is 206 g/mol. The van der Waals surface area contributed by atoms with E-state index in [1.807, 2.05) is 0 Å². The largest absolute Gasteiger partial charge is 0.395 e. The Kier molecular flexibility index (Phi) is 4.04. The SMILES string of the molecule is CS(C)(C)N1CCN(CCO)CC1. The third-order valence-corrected chi connectivity index (χ3v) is 4.44. The van der Waals surface area contributed by atoms with E-state index < -0.39 is 10.2 Å². The fourth-order valence-corrected chi connectivity index (χ4v) is 2.90. The van der Waals surface area contributed by atoms with Gasteiger partial charge in [0.15, 0.2) is 0 Å². The van der Waals surface area contributed by atoms with Gasteiger partial charge in [0.25, 0.3) is 0 Å². The Morgan fingerprint density at radius 1 is 1.08 bits per heavy atom. The Morgan fingerprint density at radius 2 is 1.62 bits per heavy atom. The van der Waals surface area contributed by atoms with Gasteiger partial charge >= 0.3 is 0 Å². The Morgan fingerprint density at radius 3 is 2.00 bits per heavy atom. The van der Waals surface area contributed by atoms with E-state index in [0.717, 1.165) is 19.6 Å². The van der Waals surface area contributed by atoms with Gasteiger partial charge in [0.1, 0.15) is 0 Å². The topological polar surface area (TPSA) is 26.7 Å². The molecule has 0 aliphatic carbocycles. The van der Waals surface area contributed by atoms with E-state index in [2.05, 4.69) is 28.0 Å². The molecule has 4 heteroatoms. The molecule has 0 atom stereocenters. The maximum atomic E-state index is 8.79. The van der Waals surface area contributed by atoms with Crippen LogP contribution in [-0.2, 0) is 0 Å². The molecule has 1 N–H and O–H groups in total. The standard InChI is InChI=1S/C9H22N2OS/c1-13(2,3)11-6-4-10(5-7-11)8-9-12/h12H,4-9H2,1-3H3.